The minimum Gasteiger partial charge on any atom is -0.481 e. The van der Waals surface area contributed by atoms with Crippen LogP contribution in [0, 0.1) is 0 Å². The highest BCUT2D eigenvalue weighted by Crippen LogP contribution is 2.44. The zero-order valence-electron chi connectivity index (χ0n) is 20.1. The van der Waals surface area contributed by atoms with Crippen LogP contribution in [0.3, 0.4) is 0 Å². The first kappa shape index (κ1) is 24.7. The Labute approximate surface area is 205 Å². The van der Waals surface area contributed by atoms with Gasteiger partial charge in [-0.2, -0.15) is 0 Å². The predicted molar refractivity (Wildman–Crippen MR) is 132 cm³/mol. The molecule has 1 fully saturated rings. The number of carboxylic acid groups (broad SMARTS) is 1. The van der Waals surface area contributed by atoms with Crippen molar-refractivity contribution in [2.75, 3.05) is 33.3 Å². The fourth-order valence-corrected chi connectivity index (χ4v) is 5.08. The summed E-state index contributed by atoms with van der Waals surface area (Å²) in [7, 11) is 2.02. The number of nitrogens with zero attached hydrogens (tertiary/aromatic N) is 1. The van der Waals surface area contributed by atoms with Crippen molar-refractivity contribution in [2.45, 2.75) is 43.6 Å². The van der Waals surface area contributed by atoms with Gasteiger partial charge in [0, 0.05) is 38.4 Å². The first-order valence-corrected chi connectivity index (χ1v) is 12.2. The molecule has 2 amide bonds. The second-order valence-electron chi connectivity index (χ2n) is 9.56. The number of aliphatic carboxylic acids is 1. The molecular weight excluding hydrogens is 446 g/mol. The number of benzene rings is 2. The van der Waals surface area contributed by atoms with Gasteiger partial charge in [-0.15, -0.1) is 0 Å². The average molecular weight is 480 g/mol. The van der Waals surface area contributed by atoms with E-state index in [9.17, 15) is 14.4 Å². The van der Waals surface area contributed by atoms with Crippen LogP contribution in [0.4, 0.5) is 4.79 Å². The fourth-order valence-electron chi connectivity index (χ4n) is 5.08. The molecule has 0 saturated carbocycles. The number of carbonyl (C=O) groups excluding carboxylic acids is 2. The maximum Gasteiger partial charge on any atom is 0.407 e. The average Bonchev–Trinajstić information content (AvgIpc) is 3.16. The molecule has 0 spiro atoms. The van der Waals surface area contributed by atoms with Gasteiger partial charge in [0.1, 0.15) is 6.61 Å². The minimum atomic E-state index is -0.886. The Hall–Kier alpha value is -3.39. The quantitative estimate of drug-likeness (QED) is 0.476. The molecule has 0 bridgehead atoms. The Bertz CT molecular complexity index is 1030. The lowest BCUT2D eigenvalue weighted by molar-refractivity contribution is -0.137. The topological polar surface area (TPSA) is 108 Å². The van der Waals surface area contributed by atoms with Gasteiger partial charge in [-0.25, -0.2) is 4.79 Å². The Morgan fingerprint density at radius 2 is 1.63 bits per heavy atom. The highest BCUT2D eigenvalue weighted by molar-refractivity contribution is 5.80. The Balaban J connectivity index is 1.38. The molecule has 1 aliphatic heterocycles. The van der Waals surface area contributed by atoms with E-state index in [1.54, 1.807) is 0 Å². The fraction of sp³-hybridized carbons (Fsp3) is 0.444. The molecule has 1 aliphatic carbocycles. The van der Waals surface area contributed by atoms with E-state index in [-0.39, 0.29) is 31.3 Å². The molecule has 1 heterocycles. The summed E-state index contributed by atoms with van der Waals surface area (Å²) < 4.78 is 5.74. The molecule has 35 heavy (non-hydrogen) atoms. The predicted octanol–water partition coefficient (Wildman–Crippen LogP) is 3.36. The van der Waals surface area contributed by atoms with E-state index in [4.69, 9.17) is 9.84 Å². The molecule has 0 atom stereocenters. The van der Waals surface area contributed by atoms with Gasteiger partial charge in [-0.1, -0.05) is 48.5 Å². The number of carbonyl (C=O) groups is 3. The number of amides is 2. The number of hydrogen-bond acceptors (Lipinski definition) is 5. The lowest BCUT2D eigenvalue weighted by Gasteiger charge is -2.40. The Kier molecular flexibility index (Phi) is 7.70. The highest BCUT2D eigenvalue weighted by Gasteiger charge is 2.38. The van der Waals surface area contributed by atoms with Crippen molar-refractivity contribution < 1.29 is 24.2 Å². The standard InChI is InChI=1S/C27H33N3O5/c1-30-15-12-27(13-16-30,17-24(31)28-14-6-11-25(32)33)29-26(34)35-18-23-21-9-4-2-7-19(21)20-8-3-5-10-22(20)23/h2-5,7-10,23H,6,11-18H2,1H3,(H,28,31)(H,29,34)(H,32,33). The van der Waals surface area contributed by atoms with Gasteiger partial charge in [0.05, 0.1) is 5.54 Å². The second-order valence-corrected chi connectivity index (χ2v) is 9.56. The number of ether oxygens (including phenoxy) is 1. The third-order valence-electron chi connectivity index (χ3n) is 7.04. The summed E-state index contributed by atoms with van der Waals surface area (Å²) in [6, 6.07) is 16.4. The van der Waals surface area contributed by atoms with E-state index < -0.39 is 17.6 Å². The van der Waals surface area contributed by atoms with E-state index >= 15 is 0 Å². The zero-order valence-corrected chi connectivity index (χ0v) is 20.1. The zero-order chi connectivity index (χ0) is 24.8. The summed E-state index contributed by atoms with van der Waals surface area (Å²) in [5, 5.41) is 14.6. The summed E-state index contributed by atoms with van der Waals surface area (Å²) in [5.74, 6) is -1.11. The van der Waals surface area contributed by atoms with Gasteiger partial charge < -0.3 is 25.4 Å². The summed E-state index contributed by atoms with van der Waals surface area (Å²) in [4.78, 5) is 38.4. The number of nitrogens with one attached hydrogen (secondary N) is 2. The summed E-state index contributed by atoms with van der Waals surface area (Å²) >= 11 is 0. The molecule has 3 N–H and O–H groups in total. The summed E-state index contributed by atoms with van der Waals surface area (Å²) in [6.45, 7) is 2.04. The van der Waals surface area contributed by atoms with Crippen molar-refractivity contribution in [2.24, 2.45) is 0 Å². The number of fused-ring (bicyclic) bond motifs is 3. The van der Waals surface area contributed by atoms with E-state index in [1.807, 2.05) is 31.3 Å². The van der Waals surface area contributed by atoms with E-state index in [2.05, 4.69) is 39.8 Å². The molecule has 1 saturated heterocycles. The number of likely N-dealkylation sites (tertiary alicyclic amines) is 1. The number of alkyl carbamates (subject to hydrolysis) is 1. The number of rotatable bonds is 9. The van der Waals surface area contributed by atoms with Crippen molar-refractivity contribution in [1.29, 1.82) is 0 Å². The molecule has 186 valence electrons. The summed E-state index contributed by atoms with van der Waals surface area (Å²) in [5.41, 5.74) is 3.95. The van der Waals surface area contributed by atoms with E-state index in [0.29, 0.717) is 25.8 Å². The number of piperidine rings is 1. The van der Waals surface area contributed by atoms with Crippen molar-refractivity contribution in [1.82, 2.24) is 15.5 Å². The van der Waals surface area contributed by atoms with E-state index in [0.717, 1.165) is 24.2 Å². The third kappa shape index (κ3) is 6.00. The van der Waals surface area contributed by atoms with Gasteiger partial charge in [-0.05, 0) is 48.6 Å². The van der Waals surface area contributed by atoms with Gasteiger partial charge in [0.2, 0.25) is 5.91 Å². The Morgan fingerprint density at radius 1 is 1.03 bits per heavy atom. The van der Waals surface area contributed by atoms with Crippen molar-refractivity contribution >= 4 is 18.0 Å². The van der Waals surface area contributed by atoms with Crippen LogP contribution in [0.1, 0.15) is 49.1 Å². The van der Waals surface area contributed by atoms with Crippen molar-refractivity contribution in [3.05, 3.63) is 59.7 Å². The maximum absolute atomic E-state index is 13.0. The van der Waals surface area contributed by atoms with Crippen molar-refractivity contribution in [3.8, 4) is 11.1 Å². The van der Waals surface area contributed by atoms with Crippen molar-refractivity contribution in [3.63, 3.8) is 0 Å². The third-order valence-corrected chi connectivity index (χ3v) is 7.04. The number of hydrogen-bond donors (Lipinski definition) is 3. The van der Waals surface area contributed by atoms with Crippen LogP contribution in [-0.2, 0) is 14.3 Å². The smallest absolute Gasteiger partial charge is 0.407 e. The lowest BCUT2D eigenvalue weighted by Crippen LogP contribution is -2.56. The van der Waals surface area contributed by atoms with Gasteiger partial charge in [0.15, 0.2) is 0 Å². The number of carboxylic acids is 1. The largest absolute Gasteiger partial charge is 0.481 e. The Morgan fingerprint density at radius 3 is 2.23 bits per heavy atom. The van der Waals surface area contributed by atoms with Crippen LogP contribution >= 0.6 is 0 Å². The van der Waals surface area contributed by atoms with Crippen LogP contribution in [0.5, 0.6) is 0 Å². The van der Waals surface area contributed by atoms with Crippen LogP contribution in [0.15, 0.2) is 48.5 Å². The van der Waals surface area contributed by atoms with Gasteiger partial charge >= 0.3 is 12.1 Å². The molecular formula is C27H33N3O5. The van der Waals surface area contributed by atoms with Crippen LogP contribution in [0.2, 0.25) is 0 Å². The molecule has 8 nitrogen and oxygen atoms in total. The molecule has 4 rings (SSSR count). The highest BCUT2D eigenvalue weighted by atomic mass is 16.5. The monoisotopic (exact) mass is 479 g/mol. The molecule has 8 heteroatoms. The van der Waals surface area contributed by atoms with Gasteiger partial charge in [-0.3, -0.25) is 9.59 Å². The van der Waals surface area contributed by atoms with Gasteiger partial charge in [0.25, 0.3) is 0 Å². The maximum atomic E-state index is 13.0. The first-order chi connectivity index (χ1) is 16.9. The van der Waals surface area contributed by atoms with Crippen LogP contribution < -0.4 is 10.6 Å². The molecule has 0 unspecified atom stereocenters. The molecule has 0 aromatic heterocycles. The molecule has 2 aromatic rings. The van der Waals surface area contributed by atoms with Crippen LogP contribution in [0.25, 0.3) is 11.1 Å². The normalized spacial score (nSPS) is 16.7. The van der Waals surface area contributed by atoms with Crippen LogP contribution in [-0.4, -0.2) is 66.8 Å². The lowest BCUT2D eigenvalue weighted by atomic mass is 9.84. The molecule has 2 aromatic carbocycles. The first-order valence-electron chi connectivity index (χ1n) is 12.2. The minimum absolute atomic E-state index is 0.00815. The second kappa shape index (κ2) is 10.9. The summed E-state index contributed by atoms with van der Waals surface area (Å²) in [6.07, 6.45) is 1.27. The van der Waals surface area contributed by atoms with E-state index in [1.165, 1.54) is 11.1 Å². The molecule has 2 aliphatic rings. The molecule has 0 radical (unpaired) electrons. The SMILES string of the molecule is CN1CCC(CC(=O)NCCCC(=O)O)(NC(=O)OCC2c3ccccc3-c3ccccc32)CC1.